The number of rotatable bonds is 5. The first-order valence-electron chi connectivity index (χ1n) is 7.12. The van der Waals surface area contributed by atoms with Crippen LogP contribution >= 0.6 is 0 Å². The minimum Gasteiger partial charge on any atom is -0.411 e. The lowest BCUT2D eigenvalue weighted by Gasteiger charge is -2.06. The maximum absolute atomic E-state index is 8.67. The summed E-state index contributed by atoms with van der Waals surface area (Å²) in [6.45, 7) is 0. The maximum atomic E-state index is 8.67. The standard InChI is InChI=1S/C16H18N4O2/c21-17-13-15-7-1-3-9-19(15)11-5-6-12-20-10-4-2-8-16(20)14-18-22/h1-4,7-16H,5-6H2/p+2. The van der Waals surface area contributed by atoms with Crippen molar-refractivity contribution in [2.75, 3.05) is 0 Å². The zero-order valence-corrected chi connectivity index (χ0v) is 12.2. The van der Waals surface area contributed by atoms with Crippen molar-refractivity contribution in [2.24, 2.45) is 10.3 Å². The van der Waals surface area contributed by atoms with Gasteiger partial charge in [0.05, 0.1) is 0 Å². The average molecular weight is 300 g/mol. The smallest absolute Gasteiger partial charge is 0.215 e. The van der Waals surface area contributed by atoms with E-state index in [0.717, 1.165) is 12.8 Å². The summed E-state index contributed by atoms with van der Waals surface area (Å²) in [7, 11) is 0. The van der Waals surface area contributed by atoms with Crippen LogP contribution in [-0.2, 0) is 0 Å². The fraction of sp³-hybridized carbons (Fsp3) is 0.250. The molecule has 2 heterocycles. The van der Waals surface area contributed by atoms with Gasteiger partial charge in [-0.15, -0.1) is 0 Å². The number of allylic oxidation sites excluding steroid dienone is 4. The molecule has 2 aliphatic heterocycles. The number of hydrogen-bond donors (Lipinski definition) is 2. The Kier molecular flexibility index (Phi) is 6.04. The SMILES string of the molecule is ON=CC1C=CC=C[N+]1=CCCC=[N+]1C=CC=CC1C=NO. The predicted molar refractivity (Wildman–Crippen MR) is 86.6 cm³/mol. The van der Waals surface area contributed by atoms with Crippen LogP contribution in [0, 0.1) is 0 Å². The summed E-state index contributed by atoms with van der Waals surface area (Å²) in [5, 5.41) is 23.5. The fourth-order valence-electron chi connectivity index (χ4n) is 2.25. The van der Waals surface area contributed by atoms with Crippen molar-refractivity contribution in [3.05, 3.63) is 48.9 Å². The van der Waals surface area contributed by atoms with E-state index in [9.17, 15) is 0 Å². The quantitative estimate of drug-likeness (QED) is 0.267. The van der Waals surface area contributed by atoms with E-state index >= 15 is 0 Å². The topological polar surface area (TPSA) is 71.2 Å². The summed E-state index contributed by atoms with van der Waals surface area (Å²) < 4.78 is 3.98. The summed E-state index contributed by atoms with van der Waals surface area (Å²) in [4.78, 5) is 0. The van der Waals surface area contributed by atoms with Crippen LogP contribution in [0.15, 0.2) is 59.2 Å². The van der Waals surface area contributed by atoms with Gasteiger partial charge in [0.25, 0.3) is 0 Å². The first-order valence-corrected chi connectivity index (χ1v) is 7.12. The molecule has 114 valence electrons. The number of oxime groups is 2. The average Bonchev–Trinajstić information content (AvgIpc) is 2.55. The minimum atomic E-state index is -0.0536. The number of nitrogens with zero attached hydrogens (tertiary/aromatic N) is 4. The van der Waals surface area contributed by atoms with Crippen molar-refractivity contribution in [1.82, 2.24) is 0 Å². The Morgan fingerprint density at radius 1 is 0.773 bits per heavy atom. The third-order valence-corrected chi connectivity index (χ3v) is 3.33. The van der Waals surface area contributed by atoms with Gasteiger partial charge >= 0.3 is 0 Å². The van der Waals surface area contributed by atoms with E-state index in [0.29, 0.717) is 0 Å². The molecule has 2 N–H and O–H groups in total. The van der Waals surface area contributed by atoms with Gasteiger partial charge in [-0.3, -0.25) is 0 Å². The molecule has 0 bridgehead atoms. The number of unbranched alkanes of at least 4 members (excludes halogenated alkanes) is 1. The van der Waals surface area contributed by atoms with Gasteiger partial charge < -0.3 is 10.4 Å². The zero-order valence-electron chi connectivity index (χ0n) is 12.2. The minimum absolute atomic E-state index is 0.0536. The van der Waals surface area contributed by atoms with Crippen molar-refractivity contribution in [3.8, 4) is 0 Å². The van der Waals surface area contributed by atoms with E-state index in [1.165, 1.54) is 12.4 Å². The van der Waals surface area contributed by atoms with Crippen molar-refractivity contribution in [1.29, 1.82) is 0 Å². The molecular weight excluding hydrogens is 280 g/mol. The van der Waals surface area contributed by atoms with Crippen LogP contribution in [0.25, 0.3) is 0 Å². The van der Waals surface area contributed by atoms with E-state index in [1.807, 2.05) is 58.0 Å². The molecule has 0 fully saturated rings. The van der Waals surface area contributed by atoms with E-state index in [2.05, 4.69) is 22.7 Å². The van der Waals surface area contributed by atoms with E-state index < -0.39 is 0 Å². The molecule has 6 nitrogen and oxygen atoms in total. The van der Waals surface area contributed by atoms with Crippen LogP contribution in [-0.4, -0.2) is 56.5 Å². The molecule has 0 radical (unpaired) electrons. The molecule has 0 saturated carbocycles. The van der Waals surface area contributed by atoms with Crippen LogP contribution in [0.2, 0.25) is 0 Å². The molecule has 0 spiro atoms. The number of hydrogen-bond acceptors (Lipinski definition) is 4. The Labute approximate surface area is 129 Å². The molecule has 0 aromatic carbocycles. The van der Waals surface area contributed by atoms with Gasteiger partial charge in [-0.25, -0.2) is 0 Å². The Hall–Kier alpha value is -2.76. The molecule has 2 rings (SSSR count). The molecule has 2 aliphatic rings. The second-order valence-corrected chi connectivity index (χ2v) is 4.80. The Balaban J connectivity index is 1.95. The zero-order chi connectivity index (χ0) is 15.6. The molecule has 0 aliphatic carbocycles. The highest BCUT2D eigenvalue weighted by Crippen LogP contribution is 2.02. The van der Waals surface area contributed by atoms with E-state index in [-0.39, 0.29) is 12.1 Å². The highest BCUT2D eigenvalue weighted by atomic mass is 16.4. The third-order valence-electron chi connectivity index (χ3n) is 3.33. The van der Waals surface area contributed by atoms with Crippen molar-refractivity contribution >= 4 is 24.9 Å². The lowest BCUT2D eigenvalue weighted by Crippen LogP contribution is -2.25. The summed E-state index contributed by atoms with van der Waals surface area (Å²) in [5.74, 6) is 0. The van der Waals surface area contributed by atoms with Crippen molar-refractivity contribution in [3.63, 3.8) is 0 Å². The summed E-state index contributed by atoms with van der Waals surface area (Å²) >= 11 is 0. The van der Waals surface area contributed by atoms with Gasteiger partial charge in [-0.2, -0.15) is 9.15 Å². The summed E-state index contributed by atoms with van der Waals surface area (Å²) in [6.07, 6.45) is 24.3. The lowest BCUT2D eigenvalue weighted by molar-refractivity contribution is -0.466. The molecule has 6 heteroatoms. The second-order valence-electron chi connectivity index (χ2n) is 4.80. The van der Waals surface area contributed by atoms with Crippen LogP contribution in [0.3, 0.4) is 0 Å². The van der Waals surface area contributed by atoms with Gasteiger partial charge in [-0.05, 0) is 12.2 Å². The summed E-state index contributed by atoms with van der Waals surface area (Å²) in [6, 6.07) is -0.107. The Bertz CT molecular complexity index is 556. The molecule has 22 heavy (non-hydrogen) atoms. The van der Waals surface area contributed by atoms with Gasteiger partial charge in [-0.1, -0.05) is 22.5 Å². The molecule has 0 amide bonds. The monoisotopic (exact) mass is 300 g/mol. The van der Waals surface area contributed by atoms with Gasteiger partial charge in [0, 0.05) is 25.0 Å². The van der Waals surface area contributed by atoms with Crippen LogP contribution in [0.5, 0.6) is 0 Å². The molecular formula is C16H20N4O2+2. The van der Waals surface area contributed by atoms with Crippen molar-refractivity contribution in [2.45, 2.75) is 24.9 Å². The Morgan fingerprint density at radius 2 is 1.23 bits per heavy atom. The third kappa shape index (κ3) is 4.37. The molecule has 0 aromatic rings. The van der Waals surface area contributed by atoms with Crippen molar-refractivity contribution < 1.29 is 19.6 Å². The maximum Gasteiger partial charge on any atom is 0.215 e. The molecule has 0 aromatic heterocycles. The predicted octanol–water partition coefficient (Wildman–Crippen LogP) is 1.76. The lowest BCUT2D eigenvalue weighted by atomic mass is 10.2. The first kappa shape index (κ1) is 15.6. The fourth-order valence-corrected chi connectivity index (χ4v) is 2.25. The van der Waals surface area contributed by atoms with Crippen LogP contribution in [0.1, 0.15) is 12.8 Å². The van der Waals surface area contributed by atoms with E-state index in [1.54, 1.807) is 0 Å². The second kappa shape index (κ2) is 8.51. The first-order chi connectivity index (χ1) is 10.8. The molecule has 0 saturated heterocycles. The Morgan fingerprint density at radius 3 is 1.64 bits per heavy atom. The molecule has 2 unspecified atom stereocenters. The van der Waals surface area contributed by atoms with E-state index in [4.69, 9.17) is 10.4 Å². The normalized spacial score (nSPS) is 27.8. The van der Waals surface area contributed by atoms with Gasteiger partial charge in [0.1, 0.15) is 24.9 Å². The highest BCUT2D eigenvalue weighted by Gasteiger charge is 2.17. The van der Waals surface area contributed by atoms with Crippen LogP contribution in [0.4, 0.5) is 0 Å². The van der Waals surface area contributed by atoms with Crippen LogP contribution < -0.4 is 0 Å². The van der Waals surface area contributed by atoms with Gasteiger partial charge in [0.2, 0.25) is 12.1 Å². The highest BCUT2D eigenvalue weighted by molar-refractivity contribution is 5.69. The van der Waals surface area contributed by atoms with Gasteiger partial charge in [0.15, 0.2) is 12.4 Å². The molecule has 2 atom stereocenters. The summed E-state index contributed by atoms with van der Waals surface area (Å²) in [5.41, 5.74) is 0. The largest absolute Gasteiger partial charge is 0.411 e.